The first-order valence-corrected chi connectivity index (χ1v) is 13.3. The van der Waals surface area contributed by atoms with Gasteiger partial charge < -0.3 is 68.3 Å². The van der Waals surface area contributed by atoms with Crippen molar-refractivity contribution in [3.8, 4) is 40.2 Å². The number of rotatable bonds is 7. The molecule has 2 aromatic heterocycles. The molecule has 1 aliphatic rings. The molecule has 0 radical (unpaired) electrons. The number of phenolic OH excluding ortho intramolecular Hbond substituents is 4. The number of carbonyl (C=O) groups is 1. The summed E-state index contributed by atoms with van der Waals surface area (Å²) in [6.07, 6.45) is -9.01. The van der Waals surface area contributed by atoms with Crippen LogP contribution in [0.1, 0.15) is 10.4 Å². The van der Waals surface area contributed by atoms with E-state index in [1.54, 1.807) is 0 Å². The van der Waals surface area contributed by atoms with Gasteiger partial charge in [0.05, 0.1) is 37.2 Å². The van der Waals surface area contributed by atoms with E-state index in [0.29, 0.717) is 0 Å². The van der Waals surface area contributed by atoms with Gasteiger partial charge in [-0.05, 0) is 24.3 Å². The molecule has 0 spiro atoms. The van der Waals surface area contributed by atoms with Gasteiger partial charge in [-0.15, -0.1) is 0 Å². The number of benzene rings is 3. The molecule has 7 N–H and O–H groups in total. The van der Waals surface area contributed by atoms with E-state index in [0.717, 1.165) is 24.3 Å². The SMILES string of the molecule is COc1c(O)cc2c(=O)oc3c(OC)c(O[C@@H]4O[C@H](CO)[C@@H](O)[C@H](OC(=O)c5cc(O)c(O)c(O)c5)[C@H]4O)cc4c(=O)oc1c2c34. The van der Waals surface area contributed by atoms with Gasteiger partial charge in [0.2, 0.25) is 17.8 Å². The van der Waals surface area contributed by atoms with Crippen LogP contribution in [-0.4, -0.2) is 93.2 Å². The fourth-order valence-electron chi connectivity index (χ4n) is 5.36. The summed E-state index contributed by atoms with van der Waals surface area (Å²) in [5, 5.41) is 70.8. The Labute approximate surface area is 254 Å². The molecule has 46 heavy (non-hydrogen) atoms. The standard InChI is InChI=1S/C29H24O17/c1-40-21-13(33)5-9-16-17-10(28(39)44-23(16)21)6-14(22(41-2)24(17)45-27(9)38)42-29-20(36)25(19(35)15(7-30)43-29)46-26(37)8-3-11(31)18(34)12(32)4-8/h3-6,15,19-20,25,29-36H,7H2,1-2H3/t15-,19-,20-,25+,29-/m1/s1. The highest BCUT2D eigenvalue weighted by Crippen LogP contribution is 2.46. The third kappa shape index (κ3) is 4.60. The van der Waals surface area contributed by atoms with E-state index >= 15 is 0 Å². The molecule has 3 aromatic carbocycles. The van der Waals surface area contributed by atoms with Crippen LogP contribution in [0.5, 0.6) is 40.2 Å². The lowest BCUT2D eigenvalue weighted by molar-refractivity contribution is -0.277. The summed E-state index contributed by atoms with van der Waals surface area (Å²) in [4.78, 5) is 39.0. The minimum absolute atomic E-state index is 0.0457. The Balaban J connectivity index is 1.43. The zero-order valence-electron chi connectivity index (χ0n) is 23.6. The zero-order chi connectivity index (χ0) is 33.2. The van der Waals surface area contributed by atoms with Crippen LogP contribution in [0, 0.1) is 0 Å². The van der Waals surface area contributed by atoms with Gasteiger partial charge in [-0.2, -0.15) is 0 Å². The number of esters is 1. The highest BCUT2D eigenvalue weighted by Gasteiger charge is 2.48. The van der Waals surface area contributed by atoms with Crippen LogP contribution in [0.15, 0.2) is 42.7 Å². The Hall–Kier alpha value is -5.49. The first kappa shape index (κ1) is 30.5. The van der Waals surface area contributed by atoms with Gasteiger partial charge in [-0.25, -0.2) is 14.4 Å². The Kier molecular flexibility index (Phi) is 7.40. The fourth-order valence-corrected chi connectivity index (χ4v) is 5.36. The van der Waals surface area contributed by atoms with Crippen LogP contribution in [0.2, 0.25) is 0 Å². The first-order valence-electron chi connectivity index (χ1n) is 13.3. The Morgan fingerprint density at radius 1 is 0.804 bits per heavy atom. The Morgan fingerprint density at radius 3 is 1.93 bits per heavy atom. The fraction of sp³-hybridized carbons (Fsp3) is 0.276. The molecule has 5 aromatic rings. The van der Waals surface area contributed by atoms with Crippen LogP contribution >= 0.6 is 0 Å². The number of aliphatic hydroxyl groups is 3. The molecule has 0 unspecified atom stereocenters. The summed E-state index contributed by atoms with van der Waals surface area (Å²) in [5.41, 5.74) is -2.95. The number of phenols is 4. The second kappa shape index (κ2) is 11.1. The van der Waals surface area contributed by atoms with Crippen molar-refractivity contribution in [2.45, 2.75) is 30.7 Å². The van der Waals surface area contributed by atoms with Crippen molar-refractivity contribution in [3.05, 3.63) is 50.7 Å². The third-order valence-electron chi connectivity index (χ3n) is 7.52. The highest BCUT2D eigenvalue weighted by atomic mass is 16.7. The third-order valence-corrected chi connectivity index (χ3v) is 7.52. The van der Waals surface area contributed by atoms with Gasteiger partial charge in [0.15, 0.2) is 52.1 Å². The van der Waals surface area contributed by atoms with Gasteiger partial charge in [0.1, 0.15) is 12.2 Å². The molecule has 6 rings (SSSR count). The molecule has 5 atom stereocenters. The number of hydrogen-bond donors (Lipinski definition) is 7. The molecule has 1 fully saturated rings. The molecule has 3 heterocycles. The normalized spacial score (nSPS) is 21.5. The molecule has 242 valence electrons. The number of ether oxygens (including phenoxy) is 5. The summed E-state index contributed by atoms with van der Waals surface area (Å²) in [5.74, 6) is -5.22. The average Bonchev–Trinajstić information content (AvgIpc) is 3.02. The van der Waals surface area contributed by atoms with E-state index in [1.807, 2.05) is 0 Å². The summed E-state index contributed by atoms with van der Waals surface area (Å²) in [6.45, 7) is -0.854. The number of hydrogen-bond acceptors (Lipinski definition) is 17. The van der Waals surface area contributed by atoms with Crippen LogP contribution < -0.4 is 25.5 Å². The number of aromatic hydroxyl groups is 4. The predicted octanol–water partition coefficient (Wildman–Crippen LogP) is 0.373. The lowest BCUT2D eigenvalue weighted by atomic mass is 9.98. The van der Waals surface area contributed by atoms with Crippen molar-refractivity contribution in [2.24, 2.45) is 0 Å². The molecule has 1 aliphatic heterocycles. The second-order valence-corrected chi connectivity index (χ2v) is 10.2. The van der Waals surface area contributed by atoms with Crippen molar-refractivity contribution in [3.63, 3.8) is 0 Å². The molecule has 0 amide bonds. The smallest absolute Gasteiger partial charge is 0.344 e. The van der Waals surface area contributed by atoms with Crippen LogP contribution in [0.3, 0.4) is 0 Å². The largest absolute Gasteiger partial charge is 0.504 e. The number of methoxy groups -OCH3 is 2. The molecular weight excluding hydrogens is 620 g/mol. The van der Waals surface area contributed by atoms with Gasteiger partial charge >= 0.3 is 17.2 Å². The molecule has 0 aliphatic carbocycles. The van der Waals surface area contributed by atoms with Crippen molar-refractivity contribution in [1.29, 1.82) is 0 Å². The van der Waals surface area contributed by atoms with Gasteiger partial charge in [-0.1, -0.05) is 0 Å². The zero-order valence-corrected chi connectivity index (χ0v) is 23.6. The summed E-state index contributed by atoms with van der Waals surface area (Å²) < 4.78 is 38.1. The lowest BCUT2D eigenvalue weighted by Crippen LogP contribution is -2.61. The average molecular weight is 644 g/mol. The van der Waals surface area contributed by atoms with E-state index in [4.69, 9.17) is 32.5 Å². The number of carbonyl (C=O) groups excluding carboxylic acids is 1. The maximum absolute atomic E-state index is 13.2. The Morgan fingerprint density at radius 2 is 1.37 bits per heavy atom. The second-order valence-electron chi connectivity index (χ2n) is 10.2. The van der Waals surface area contributed by atoms with Gasteiger partial charge in [0, 0.05) is 10.8 Å². The summed E-state index contributed by atoms with van der Waals surface area (Å²) in [6, 6.07) is 3.73. The van der Waals surface area contributed by atoms with Crippen molar-refractivity contribution >= 4 is 38.7 Å². The van der Waals surface area contributed by atoms with E-state index in [2.05, 4.69) is 0 Å². The molecule has 0 saturated carbocycles. The molecule has 17 heteroatoms. The maximum Gasteiger partial charge on any atom is 0.344 e. The molecule has 0 bridgehead atoms. The maximum atomic E-state index is 13.2. The summed E-state index contributed by atoms with van der Waals surface area (Å²) in [7, 11) is 2.40. The summed E-state index contributed by atoms with van der Waals surface area (Å²) >= 11 is 0. The topological polar surface area (TPSA) is 265 Å². The van der Waals surface area contributed by atoms with Crippen LogP contribution in [0.25, 0.3) is 32.7 Å². The quantitative estimate of drug-likeness (QED) is 0.0546. The lowest BCUT2D eigenvalue weighted by Gasteiger charge is -2.41. The monoisotopic (exact) mass is 644 g/mol. The molecular formula is C29H24O17. The van der Waals surface area contributed by atoms with E-state index < -0.39 is 83.1 Å². The highest BCUT2D eigenvalue weighted by molar-refractivity contribution is 6.22. The minimum Gasteiger partial charge on any atom is -0.504 e. The predicted molar refractivity (Wildman–Crippen MR) is 151 cm³/mol. The number of aliphatic hydroxyl groups excluding tert-OH is 3. The van der Waals surface area contributed by atoms with E-state index in [1.165, 1.54) is 14.2 Å². The minimum atomic E-state index is -1.99. The Bertz CT molecular complexity index is 2090. The van der Waals surface area contributed by atoms with E-state index in [-0.39, 0.29) is 50.0 Å². The van der Waals surface area contributed by atoms with Crippen molar-refractivity contribution in [2.75, 3.05) is 20.8 Å². The van der Waals surface area contributed by atoms with Crippen molar-refractivity contribution < 1.29 is 73.1 Å². The van der Waals surface area contributed by atoms with Crippen LogP contribution in [0.4, 0.5) is 0 Å². The van der Waals surface area contributed by atoms with Crippen molar-refractivity contribution in [1.82, 2.24) is 0 Å². The van der Waals surface area contributed by atoms with Gasteiger partial charge in [0.25, 0.3) is 0 Å². The molecule has 17 nitrogen and oxygen atoms in total. The van der Waals surface area contributed by atoms with Gasteiger partial charge in [-0.3, -0.25) is 0 Å². The molecule has 1 saturated heterocycles. The first-order chi connectivity index (χ1) is 21.9. The van der Waals surface area contributed by atoms with E-state index in [9.17, 15) is 50.1 Å². The van der Waals surface area contributed by atoms with Crippen LogP contribution in [-0.2, 0) is 9.47 Å².